The lowest BCUT2D eigenvalue weighted by Gasteiger charge is -2.47. The van der Waals surface area contributed by atoms with Gasteiger partial charge in [-0.15, -0.1) is 0 Å². The second-order valence-electron chi connectivity index (χ2n) is 10.1. The zero-order chi connectivity index (χ0) is 27.5. The van der Waals surface area contributed by atoms with Crippen molar-refractivity contribution < 1.29 is 52.4 Å². The molecule has 1 saturated heterocycles. The Morgan fingerprint density at radius 1 is 0.973 bits per heavy atom. The molecule has 0 spiro atoms. The van der Waals surface area contributed by atoms with Crippen molar-refractivity contribution in [3.63, 3.8) is 0 Å². The van der Waals surface area contributed by atoms with E-state index in [0.29, 0.717) is 12.0 Å². The number of esters is 4. The number of carbonyl (C=O) groups is 5. The summed E-state index contributed by atoms with van der Waals surface area (Å²) in [6, 6.07) is 0. The minimum Gasteiger partial charge on any atom is -0.456 e. The van der Waals surface area contributed by atoms with Gasteiger partial charge < -0.3 is 33.7 Å². The fraction of sp³-hybridized carbons (Fsp3) is 0.640. The fourth-order valence-corrected chi connectivity index (χ4v) is 4.55. The number of hydrogen-bond acceptors (Lipinski definition) is 11. The Hall–Kier alpha value is -3.41. The monoisotopic (exact) mass is 523 g/mol. The van der Waals surface area contributed by atoms with E-state index in [1.54, 1.807) is 32.9 Å². The first kappa shape index (κ1) is 28.2. The minimum absolute atomic E-state index is 0.173. The number of fused-ring (bicyclic) bond motifs is 1. The van der Waals surface area contributed by atoms with Crippen molar-refractivity contribution in [3.8, 4) is 0 Å². The molecule has 12 nitrogen and oxygen atoms in total. The predicted octanol–water partition coefficient (Wildman–Crippen LogP) is 1.50. The number of amides is 1. The van der Waals surface area contributed by atoms with Gasteiger partial charge in [-0.3, -0.25) is 14.4 Å². The smallest absolute Gasteiger partial charge is 0.407 e. The number of nitrogens with one attached hydrogen (secondary N) is 1. The van der Waals surface area contributed by atoms with Crippen molar-refractivity contribution in [2.45, 2.75) is 90.2 Å². The maximum Gasteiger partial charge on any atom is 0.407 e. The first-order chi connectivity index (χ1) is 17.2. The molecule has 7 atom stereocenters. The Bertz CT molecular complexity index is 995. The lowest BCUT2D eigenvalue weighted by Crippen LogP contribution is -2.64. The number of carbonyl (C=O) groups excluding carboxylic acids is 5. The molecule has 37 heavy (non-hydrogen) atoms. The fourth-order valence-electron chi connectivity index (χ4n) is 4.55. The van der Waals surface area contributed by atoms with Crippen LogP contribution in [0.5, 0.6) is 0 Å². The van der Waals surface area contributed by atoms with Crippen LogP contribution in [0.1, 0.15) is 48.0 Å². The second kappa shape index (κ2) is 11.3. The summed E-state index contributed by atoms with van der Waals surface area (Å²) in [5.74, 6) is -2.97. The Morgan fingerprint density at radius 2 is 1.57 bits per heavy atom. The zero-order valence-corrected chi connectivity index (χ0v) is 21.7. The van der Waals surface area contributed by atoms with Crippen LogP contribution in [-0.4, -0.2) is 78.7 Å². The van der Waals surface area contributed by atoms with Crippen LogP contribution in [0.3, 0.4) is 0 Å². The van der Waals surface area contributed by atoms with E-state index in [2.05, 4.69) is 5.32 Å². The van der Waals surface area contributed by atoms with Crippen LogP contribution in [0, 0.1) is 5.92 Å². The third-order valence-electron chi connectivity index (χ3n) is 5.78. The van der Waals surface area contributed by atoms with Crippen LogP contribution in [-0.2, 0) is 47.6 Å². The molecule has 2 heterocycles. The highest BCUT2D eigenvalue weighted by Crippen LogP contribution is 2.38. The van der Waals surface area contributed by atoms with E-state index < -0.39 is 78.1 Å². The van der Waals surface area contributed by atoms with Gasteiger partial charge in [-0.2, -0.15) is 0 Å². The predicted molar refractivity (Wildman–Crippen MR) is 125 cm³/mol. The highest BCUT2D eigenvalue weighted by molar-refractivity contribution is 5.86. The summed E-state index contributed by atoms with van der Waals surface area (Å²) < 4.78 is 33.5. The second-order valence-corrected chi connectivity index (χ2v) is 10.1. The molecule has 0 radical (unpaired) electrons. The molecule has 0 bridgehead atoms. The van der Waals surface area contributed by atoms with E-state index in [1.165, 1.54) is 26.8 Å². The lowest BCUT2D eigenvalue weighted by molar-refractivity contribution is -0.252. The number of alkyl carbamates (subject to hydrolysis) is 1. The molecule has 0 aromatic carbocycles. The van der Waals surface area contributed by atoms with Gasteiger partial charge in [-0.05, 0) is 32.8 Å². The molecule has 1 aliphatic carbocycles. The van der Waals surface area contributed by atoms with E-state index in [0.717, 1.165) is 0 Å². The van der Waals surface area contributed by atoms with Crippen molar-refractivity contribution in [1.29, 1.82) is 0 Å². The van der Waals surface area contributed by atoms with Crippen LogP contribution in [0.25, 0.3) is 0 Å². The molecular formula is C25H33NO11. The Balaban J connectivity index is 1.94. The number of hydrogen-bond donors (Lipinski definition) is 1. The molecule has 3 aliphatic rings. The Kier molecular flexibility index (Phi) is 8.62. The molecule has 1 N–H and O–H groups in total. The highest BCUT2D eigenvalue weighted by Gasteiger charge is 2.54. The largest absolute Gasteiger partial charge is 0.456 e. The van der Waals surface area contributed by atoms with Gasteiger partial charge in [0.1, 0.15) is 23.9 Å². The van der Waals surface area contributed by atoms with Gasteiger partial charge in [-0.25, -0.2) is 9.59 Å². The van der Waals surface area contributed by atoms with Gasteiger partial charge in [-0.1, -0.05) is 12.2 Å². The van der Waals surface area contributed by atoms with Crippen LogP contribution in [0.2, 0.25) is 0 Å². The summed E-state index contributed by atoms with van der Waals surface area (Å²) in [6.07, 6.45) is -1.55. The first-order valence-electron chi connectivity index (χ1n) is 12.0. The van der Waals surface area contributed by atoms with E-state index in [9.17, 15) is 24.0 Å². The maximum atomic E-state index is 12.3. The molecule has 3 rings (SSSR count). The van der Waals surface area contributed by atoms with E-state index in [1.807, 2.05) is 0 Å². The summed E-state index contributed by atoms with van der Waals surface area (Å²) in [5.41, 5.74) is -0.0501. The molecule has 1 fully saturated rings. The van der Waals surface area contributed by atoms with Crippen molar-refractivity contribution in [3.05, 3.63) is 23.8 Å². The van der Waals surface area contributed by atoms with E-state index >= 15 is 0 Å². The first-order valence-corrected chi connectivity index (χ1v) is 12.0. The Morgan fingerprint density at radius 3 is 2.16 bits per heavy atom. The molecule has 2 aliphatic heterocycles. The van der Waals surface area contributed by atoms with Gasteiger partial charge >= 0.3 is 30.0 Å². The van der Waals surface area contributed by atoms with Gasteiger partial charge in [0.05, 0.1) is 6.54 Å². The molecule has 0 saturated carbocycles. The van der Waals surface area contributed by atoms with E-state index in [-0.39, 0.29) is 6.54 Å². The molecular weight excluding hydrogens is 490 g/mol. The normalized spacial score (nSPS) is 30.8. The van der Waals surface area contributed by atoms with Gasteiger partial charge in [0.25, 0.3) is 0 Å². The maximum absolute atomic E-state index is 12.3. The van der Waals surface area contributed by atoms with Crippen LogP contribution >= 0.6 is 0 Å². The summed E-state index contributed by atoms with van der Waals surface area (Å²) in [7, 11) is 0. The standard InChI is InChI=1S/C25H33NO11/c1-12(27)32-21-18(11-26-24(31)37-25(4,5)6)36-20(22(33-13(2)28)23(21)34-14(3)29)16-8-7-15-10-19(30)35-17(15)9-16/h7-8,10,16-18,20-23H,9,11H2,1-6H3,(H,26,31)/t16-,17-,18-,20+,21+,22+,23+/m1/s1. The third-order valence-corrected chi connectivity index (χ3v) is 5.78. The summed E-state index contributed by atoms with van der Waals surface area (Å²) in [5, 5.41) is 2.59. The van der Waals surface area contributed by atoms with Crippen LogP contribution in [0.4, 0.5) is 4.79 Å². The number of rotatable bonds is 6. The van der Waals surface area contributed by atoms with Gasteiger partial charge in [0, 0.05) is 32.8 Å². The van der Waals surface area contributed by atoms with Gasteiger partial charge in [0.2, 0.25) is 0 Å². The molecule has 204 valence electrons. The van der Waals surface area contributed by atoms with E-state index in [4.69, 9.17) is 28.4 Å². The Labute approximate surface area is 214 Å². The lowest BCUT2D eigenvalue weighted by atomic mass is 9.80. The van der Waals surface area contributed by atoms with Crippen LogP contribution < -0.4 is 5.32 Å². The molecule has 1 amide bonds. The quantitative estimate of drug-likeness (QED) is 0.398. The van der Waals surface area contributed by atoms with Crippen molar-refractivity contribution in [1.82, 2.24) is 5.32 Å². The molecule has 0 aromatic rings. The average molecular weight is 524 g/mol. The topological polar surface area (TPSA) is 153 Å². The summed E-state index contributed by atoms with van der Waals surface area (Å²) in [4.78, 5) is 60.1. The number of ether oxygens (including phenoxy) is 6. The zero-order valence-electron chi connectivity index (χ0n) is 21.7. The molecule has 0 aromatic heterocycles. The minimum atomic E-state index is -1.24. The average Bonchev–Trinajstić information content (AvgIpc) is 3.12. The van der Waals surface area contributed by atoms with Crippen molar-refractivity contribution in [2.24, 2.45) is 5.92 Å². The third kappa shape index (κ3) is 7.54. The van der Waals surface area contributed by atoms with Crippen molar-refractivity contribution >= 4 is 30.0 Å². The summed E-state index contributed by atoms with van der Waals surface area (Å²) in [6.45, 7) is 8.47. The SMILES string of the molecule is CC(=O)O[C@@H]1[C@@H](OC(C)=O)[C@@H](OC(C)=O)[C@@H](CNC(=O)OC(C)(C)C)O[C@H]1[C@@H]1C=CC2=CC(=O)O[C@@H]2C1. The highest BCUT2D eigenvalue weighted by atomic mass is 16.6. The van der Waals surface area contributed by atoms with Crippen LogP contribution in [0.15, 0.2) is 23.8 Å². The van der Waals surface area contributed by atoms with Crippen molar-refractivity contribution in [2.75, 3.05) is 6.54 Å². The summed E-state index contributed by atoms with van der Waals surface area (Å²) >= 11 is 0. The molecule has 0 unspecified atom stereocenters. The van der Waals surface area contributed by atoms with Gasteiger partial charge in [0.15, 0.2) is 18.3 Å². The molecule has 12 heteroatoms.